The molecule has 6 heteroatoms. The number of nitrogens with zero attached hydrogens (tertiary/aromatic N) is 1. The molecule has 0 aromatic rings. The lowest BCUT2D eigenvalue weighted by Crippen LogP contribution is -2.52. The predicted octanol–water partition coefficient (Wildman–Crippen LogP) is -1.14. The molecule has 92 valence electrons. The molecule has 6 nitrogen and oxygen atoms in total. The number of piperidine rings is 1. The average molecular weight is 230 g/mol. The van der Waals surface area contributed by atoms with Gasteiger partial charge in [0.2, 0.25) is 0 Å². The highest BCUT2D eigenvalue weighted by molar-refractivity contribution is 6.01. The highest BCUT2D eigenvalue weighted by atomic mass is 16.5. The maximum absolute atomic E-state index is 11.7. The summed E-state index contributed by atoms with van der Waals surface area (Å²) < 4.78 is 4.67. The van der Waals surface area contributed by atoms with E-state index in [2.05, 4.69) is 4.74 Å². The third-order valence-electron chi connectivity index (χ3n) is 2.51. The minimum absolute atomic E-state index is 0.197. The first-order valence-electron chi connectivity index (χ1n) is 5.45. The summed E-state index contributed by atoms with van der Waals surface area (Å²) in [4.78, 5) is 24.4. The zero-order chi connectivity index (χ0) is 12.1. The van der Waals surface area contributed by atoms with Crippen LogP contribution in [-0.4, -0.2) is 53.7 Å². The van der Waals surface area contributed by atoms with Crippen molar-refractivity contribution in [1.29, 1.82) is 0 Å². The third kappa shape index (κ3) is 3.18. The number of ether oxygens (including phenoxy) is 1. The molecule has 1 aliphatic heterocycles. The van der Waals surface area contributed by atoms with Gasteiger partial charge in [-0.15, -0.1) is 0 Å². The number of amides is 1. The zero-order valence-corrected chi connectivity index (χ0v) is 9.39. The minimum atomic E-state index is -1.27. The smallest absolute Gasteiger partial charge is 0.332 e. The van der Waals surface area contributed by atoms with Crippen molar-refractivity contribution >= 4 is 11.9 Å². The van der Waals surface area contributed by atoms with E-state index < -0.39 is 24.0 Å². The van der Waals surface area contributed by atoms with Crippen LogP contribution in [0.15, 0.2) is 0 Å². The van der Waals surface area contributed by atoms with Crippen molar-refractivity contribution in [3.63, 3.8) is 0 Å². The molecular formula is C10H18N2O4. The van der Waals surface area contributed by atoms with E-state index in [1.807, 2.05) is 0 Å². The fourth-order valence-electron chi connectivity index (χ4n) is 1.68. The van der Waals surface area contributed by atoms with Crippen molar-refractivity contribution in [2.75, 3.05) is 19.7 Å². The van der Waals surface area contributed by atoms with Gasteiger partial charge in [0.25, 0.3) is 5.91 Å². The Morgan fingerprint density at radius 1 is 1.62 bits per heavy atom. The molecule has 1 rings (SSSR count). The van der Waals surface area contributed by atoms with Crippen molar-refractivity contribution in [1.82, 2.24) is 4.90 Å². The highest BCUT2D eigenvalue weighted by Gasteiger charge is 2.30. The van der Waals surface area contributed by atoms with Gasteiger partial charge in [-0.3, -0.25) is 4.79 Å². The summed E-state index contributed by atoms with van der Waals surface area (Å²) in [7, 11) is 0. The van der Waals surface area contributed by atoms with Crippen LogP contribution in [0.2, 0.25) is 0 Å². The number of hydrogen-bond acceptors (Lipinski definition) is 5. The van der Waals surface area contributed by atoms with E-state index in [9.17, 15) is 14.7 Å². The number of rotatable bonds is 3. The van der Waals surface area contributed by atoms with E-state index in [1.54, 1.807) is 6.92 Å². The van der Waals surface area contributed by atoms with Crippen molar-refractivity contribution in [3.8, 4) is 0 Å². The summed E-state index contributed by atoms with van der Waals surface area (Å²) in [5.41, 5.74) is 5.48. The van der Waals surface area contributed by atoms with Crippen LogP contribution in [0.3, 0.4) is 0 Å². The molecule has 0 aliphatic carbocycles. The second-order valence-electron chi connectivity index (χ2n) is 3.81. The summed E-state index contributed by atoms with van der Waals surface area (Å²) in [5, 5.41) is 9.40. The van der Waals surface area contributed by atoms with E-state index in [4.69, 9.17) is 5.73 Å². The monoisotopic (exact) mass is 230 g/mol. The maximum atomic E-state index is 11.7. The number of hydrogen-bond donors (Lipinski definition) is 2. The molecule has 1 unspecified atom stereocenters. The van der Waals surface area contributed by atoms with E-state index in [-0.39, 0.29) is 13.2 Å². The fraction of sp³-hybridized carbons (Fsp3) is 0.800. The molecule has 0 aromatic heterocycles. The van der Waals surface area contributed by atoms with Crippen LogP contribution >= 0.6 is 0 Å². The van der Waals surface area contributed by atoms with Gasteiger partial charge in [-0.25, -0.2) is 4.79 Å². The molecule has 1 saturated heterocycles. The van der Waals surface area contributed by atoms with Crippen LogP contribution in [0.4, 0.5) is 0 Å². The van der Waals surface area contributed by atoms with Gasteiger partial charge < -0.3 is 20.5 Å². The second-order valence-corrected chi connectivity index (χ2v) is 3.81. The summed E-state index contributed by atoms with van der Waals surface area (Å²) in [6.45, 7) is 2.62. The lowest BCUT2D eigenvalue weighted by molar-refractivity contribution is -0.152. The highest BCUT2D eigenvalue weighted by Crippen LogP contribution is 2.10. The van der Waals surface area contributed by atoms with Gasteiger partial charge in [-0.1, -0.05) is 0 Å². The first-order chi connectivity index (χ1) is 7.56. The van der Waals surface area contributed by atoms with Crippen molar-refractivity contribution < 1.29 is 19.4 Å². The lowest BCUT2D eigenvalue weighted by atomic mass is 10.1. The van der Waals surface area contributed by atoms with Gasteiger partial charge in [-0.2, -0.15) is 0 Å². The maximum Gasteiger partial charge on any atom is 0.332 e. The number of likely N-dealkylation sites (tertiary alicyclic amines) is 1. The molecule has 1 amide bonds. The SMILES string of the molecule is CCOC(=O)C(N)C(=O)N1CCC[C@H](O)C1. The van der Waals surface area contributed by atoms with Crippen molar-refractivity contribution in [2.45, 2.75) is 31.9 Å². The summed E-state index contributed by atoms with van der Waals surface area (Å²) >= 11 is 0. The number of nitrogens with two attached hydrogens (primary N) is 1. The molecule has 0 aromatic carbocycles. The Balaban J connectivity index is 2.52. The van der Waals surface area contributed by atoms with Crippen LogP contribution in [0.1, 0.15) is 19.8 Å². The summed E-state index contributed by atoms with van der Waals surface area (Å²) in [6.07, 6.45) is 0.882. The van der Waals surface area contributed by atoms with E-state index >= 15 is 0 Å². The van der Waals surface area contributed by atoms with Gasteiger partial charge in [0.15, 0.2) is 6.04 Å². The first-order valence-corrected chi connectivity index (χ1v) is 5.45. The number of aliphatic hydroxyl groups is 1. The van der Waals surface area contributed by atoms with Crippen LogP contribution in [0.25, 0.3) is 0 Å². The molecule has 1 aliphatic rings. The quantitative estimate of drug-likeness (QED) is 0.472. The standard InChI is InChI=1S/C10H18N2O4/c1-2-16-10(15)8(11)9(14)12-5-3-4-7(13)6-12/h7-8,13H,2-6,11H2,1H3/t7-,8?/m0/s1. The predicted molar refractivity (Wildman–Crippen MR) is 56.4 cm³/mol. The van der Waals surface area contributed by atoms with Gasteiger partial charge >= 0.3 is 5.97 Å². The van der Waals surface area contributed by atoms with Crippen molar-refractivity contribution in [3.05, 3.63) is 0 Å². The molecule has 0 radical (unpaired) electrons. The molecule has 3 N–H and O–H groups in total. The lowest BCUT2D eigenvalue weighted by Gasteiger charge is -2.31. The Bertz CT molecular complexity index is 270. The van der Waals surface area contributed by atoms with E-state index in [1.165, 1.54) is 4.90 Å². The summed E-state index contributed by atoms with van der Waals surface area (Å²) in [5.74, 6) is -1.19. The second kappa shape index (κ2) is 5.81. The number of esters is 1. The summed E-state index contributed by atoms with van der Waals surface area (Å²) in [6, 6.07) is -1.27. The molecule has 1 fully saturated rings. The molecule has 16 heavy (non-hydrogen) atoms. The van der Waals surface area contributed by atoms with Gasteiger partial charge in [0.05, 0.1) is 12.7 Å². The zero-order valence-electron chi connectivity index (χ0n) is 9.39. The topological polar surface area (TPSA) is 92.9 Å². The number of aliphatic hydroxyl groups excluding tert-OH is 1. The Morgan fingerprint density at radius 2 is 2.31 bits per heavy atom. The van der Waals surface area contributed by atoms with E-state index in [0.29, 0.717) is 13.0 Å². The first kappa shape index (κ1) is 12.9. The van der Waals surface area contributed by atoms with Crippen LogP contribution in [-0.2, 0) is 14.3 Å². The Morgan fingerprint density at radius 3 is 2.88 bits per heavy atom. The molecule has 2 atom stereocenters. The molecule has 1 heterocycles. The van der Waals surface area contributed by atoms with Gasteiger partial charge in [-0.05, 0) is 19.8 Å². The Kier molecular flexibility index (Phi) is 4.70. The van der Waals surface area contributed by atoms with Crippen LogP contribution in [0, 0.1) is 0 Å². The Hall–Kier alpha value is -1.14. The number of carbonyl (C=O) groups is 2. The van der Waals surface area contributed by atoms with Crippen LogP contribution in [0.5, 0.6) is 0 Å². The fourth-order valence-corrected chi connectivity index (χ4v) is 1.68. The average Bonchev–Trinajstić information content (AvgIpc) is 2.27. The Labute approximate surface area is 94.3 Å². The van der Waals surface area contributed by atoms with Crippen molar-refractivity contribution in [2.24, 2.45) is 5.73 Å². The van der Waals surface area contributed by atoms with E-state index in [0.717, 1.165) is 6.42 Å². The number of β-amino-alcohol motifs (C(OH)–C–C–N with tert-alkyl or cyclic N) is 1. The molecular weight excluding hydrogens is 212 g/mol. The number of carbonyl (C=O) groups excluding carboxylic acids is 2. The molecule has 0 saturated carbocycles. The van der Waals surface area contributed by atoms with Gasteiger partial charge in [0, 0.05) is 13.1 Å². The van der Waals surface area contributed by atoms with Crippen LogP contribution < -0.4 is 5.73 Å². The molecule has 0 bridgehead atoms. The van der Waals surface area contributed by atoms with Gasteiger partial charge in [0.1, 0.15) is 0 Å². The largest absolute Gasteiger partial charge is 0.464 e. The minimum Gasteiger partial charge on any atom is -0.464 e. The normalized spacial score (nSPS) is 22.7. The molecule has 0 spiro atoms. The third-order valence-corrected chi connectivity index (χ3v) is 2.51.